The van der Waals surface area contributed by atoms with E-state index in [9.17, 15) is 0 Å². The molecule has 2 nitrogen and oxygen atoms in total. The number of fused-ring (bicyclic) bond motifs is 1. The van der Waals surface area contributed by atoms with Crippen molar-refractivity contribution in [2.45, 2.75) is 6.17 Å². The fourth-order valence-corrected chi connectivity index (χ4v) is 1.26. The largest absolute Gasteiger partial charge is 0.366 e. The molecule has 1 aliphatic heterocycles. The van der Waals surface area contributed by atoms with E-state index in [4.69, 9.17) is 0 Å². The van der Waals surface area contributed by atoms with E-state index in [0.717, 1.165) is 0 Å². The molecule has 1 aromatic carbocycles. The summed E-state index contributed by atoms with van der Waals surface area (Å²) >= 11 is 0. The number of benzene rings is 1. The summed E-state index contributed by atoms with van der Waals surface area (Å²) in [6.45, 7) is 0. The molecular formula is C8H10N2. The molecule has 1 unspecified atom stereocenters. The molecule has 0 aromatic heterocycles. The molecule has 1 aliphatic rings. The Labute approximate surface area is 60.3 Å². The SMILES string of the molecule is CNC1Nc2ccccc21. The third-order valence-corrected chi connectivity index (χ3v) is 1.86. The molecular weight excluding hydrogens is 124 g/mol. The molecule has 0 saturated heterocycles. The third-order valence-electron chi connectivity index (χ3n) is 1.86. The predicted molar refractivity (Wildman–Crippen MR) is 41.9 cm³/mol. The lowest BCUT2D eigenvalue weighted by atomic mass is 10.0. The summed E-state index contributed by atoms with van der Waals surface area (Å²) in [6.07, 6.45) is 0.371. The summed E-state index contributed by atoms with van der Waals surface area (Å²) in [4.78, 5) is 0. The minimum atomic E-state index is 0.371. The summed E-state index contributed by atoms with van der Waals surface area (Å²) in [5.74, 6) is 0. The van der Waals surface area contributed by atoms with Crippen molar-refractivity contribution in [1.29, 1.82) is 0 Å². The molecule has 2 rings (SSSR count). The van der Waals surface area contributed by atoms with E-state index in [2.05, 4.69) is 28.8 Å². The van der Waals surface area contributed by atoms with Crippen molar-refractivity contribution in [3.05, 3.63) is 29.8 Å². The van der Waals surface area contributed by atoms with Gasteiger partial charge in [-0.3, -0.25) is 5.32 Å². The smallest absolute Gasteiger partial charge is 0.105 e. The van der Waals surface area contributed by atoms with Gasteiger partial charge in [-0.25, -0.2) is 0 Å². The van der Waals surface area contributed by atoms with Crippen molar-refractivity contribution >= 4 is 5.69 Å². The van der Waals surface area contributed by atoms with Crippen molar-refractivity contribution in [2.24, 2.45) is 0 Å². The Morgan fingerprint density at radius 3 is 2.90 bits per heavy atom. The quantitative estimate of drug-likeness (QED) is 0.605. The van der Waals surface area contributed by atoms with Crippen LogP contribution in [0.1, 0.15) is 11.7 Å². The Bertz CT molecular complexity index is 245. The Morgan fingerprint density at radius 1 is 1.40 bits per heavy atom. The molecule has 10 heavy (non-hydrogen) atoms. The van der Waals surface area contributed by atoms with Gasteiger partial charge in [0, 0.05) is 11.3 Å². The summed E-state index contributed by atoms with van der Waals surface area (Å²) in [5.41, 5.74) is 2.62. The molecule has 0 aliphatic carbocycles. The van der Waals surface area contributed by atoms with Crippen LogP contribution in [-0.4, -0.2) is 7.05 Å². The Kier molecular flexibility index (Phi) is 1.14. The topological polar surface area (TPSA) is 24.1 Å². The maximum absolute atomic E-state index is 3.26. The number of anilines is 1. The molecule has 0 spiro atoms. The van der Waals surface area contributed by atoms with Gasteiger partial charge in [-0.05, 0) is 13.1 Å². The number of rotatable bonds is 1. The van der Waals surface area contributed by atoms with E-state index < -0.39 is 0 Å². The molecule has 52 valence electrons. The van der Waals surface area contributed by atoms with Gasteiger partial charge < -0.3 is 5.32 Å². The molecule has 0 fully saturated rings. The van der Waals surface area contributed by atoms with E-state index in [1.165, 1.54) is 11.3 Å². The first kappa shape index (κ1) is 5.74. The van der Waals surface area contributed by atoms with E-state index >= 15 is 0 Å². The molecule has 2 N–H and O–H groups in total. The Hall–Kier alpha value is -1.02. The lowest BCUT2D eigenvalue weighted by molar-refractivity contribution is 0.629. The average molecular weight is 134 g/mol. The number of hydrogen-bond donors (Lipinski definition) is 2. The summed E-state index contributed by atoms with van der Waals surface area (Å²) < 4.78 is 0. The molecule has 0 saturated carbocycles. The molecule has 0 bridgehead atoms. The minimum Gasteiger partial charge on any atom is -0.366 e. The fraction of sp³-hybridized carbons (Fsp3) is 0.250. The summed E-state index contributed by atoms with van der Waals surface area (Å²) in [7, 11) is 1.95. The predicted octanol–water partition coefficient (Wildman–Crippen LogP) is 1.33. The molecule has 2 heteroatoms. The van der Waals surface area contributed by atoms with Crippen LogP contribution in [0.5, 0.6) is 0 Å². The zero-order valence-corrected chi connectivity index (χ0v) is 5.89. The summed E-state index contributed by atoms with van der Waals surface area (Å²) in [5, 5.41) is 6.41. The van der Waals surface area contributed by atoms with Crippen LogP contribution in [0.2, 0.25) is 0 Å². The third kappa shape index (κ3) is 0.625. The van der Waals surface area contributed by atoms with Gasteiger partial charge in [-0.15, -0.1) is 0 Å². The second kappa shape index (κ2) is 1.99. The van der Waals surface area contributed by atoms with Crippen LogP contribution in [0, 0.1) is 0 Å². The van der Waals surface area contributed by atoms with Crippen LogP contribution in [0.15, 0.2) is 24.3 Å². The fourth-order valence-electron chi connectivity index (χ4n) is 1.26. The van der Waals surface area contributed by atoms with Gasteiger partial charge in [0.05, 0.1) is 0 Å². The second-order valence-electron chi connectivity index (χ2n) is 2.45. The highest BCUT2D eigenvalue weighted by Gasteiger charge is 2.21. The highest BCUT2D eigenvalue weighted by molar-refractivity contribution is 5.62. The van der Waals surface area contributed by atoms with Crippen molar-refractivity contribution in [2.75, 3.05) is 12.4 Å². The second-order valence-corrected chi connectivity index (χ2v) is 2.45. The highest BCUT2D eigenvalue weighted by Crippen LogP contribution is 2.32. The van der Waals surface area contributed by atoms with Crippen LogP contribution < -0.4 is 10.6 Å². The van der Waals surface area contributed by atoms with Gasteiger partial charge in [-0.1, -0.05) is 18.2 Å². The van der Waals surface area contributed by atoms with E-state index in [1.54, 1.807) is 0 Å². The number of nitrogens with one attached hydrogen (secondary N) is 2. The van der Waals surface area contributed by atoms with Gasteiger partial charge in [0.15, 0.2) is 0 Å². The molecule has 1 atom stereocenters. The molecule has 1 heterocycles. The van der Waals surface area contributed by atoms with Crippen molar-refractivity contribution < 1.29 is 0 Å². The number of para-hydroxylation sites is 1. The van der Waals surface area contributed by atoms with Crippen LogP contribution in [-0.2, 0) is 0 Å². The van der Waals surface area contributed by atoms with Crippen LogP contribution in [0.3, 0.4) is 0 Å². The monoisotopic (exact) mass is 134 g/mol. The van der Waals surface area contributed by atoms with Gasteiger partial charge in [0.1, 0.15) is 6.17 Å². The first-order chi connectivity index (χ1) is 4.92. The normalized spacial score (nSPS) is 20.7. The van der Waals surface area contributed by atoms with Crippen LogP contribution in [0.4, 0.5) is 5.69 Å². The van der Waals surface area contributed by atoms with Crippen molar-refractivity contribution in [3.63, 3.8) is 0 Å². The Morgan fingerprint density at radius 2 is 2.20 bits per heavy atom. The minimum absolute atomic E-state index is 0.371. The lowest BCUT2D eigenvalue weighted by Crippen LogP contribution is -2.32. The zero-order valence-electron chi connectivity index (χ0n) is 5.89. The standard InChI is InChI=1S/C8H10N2/c1-9-8-6-4-2-3-5-7(6)10-8/h2-5,8-10H,1H3. The first-order valence-electron chi connectivity index (χ1n) is 3.44. The van der Waals surface area contributed by atoms with Crippen molar-refractivity contribution in [1.82, 2.24) is 5.32 Å². The Balaban J connectivity index is 2.34. The molecule has 1 aromatic rings. The van der Waals surface area contributed by atoms with E-state index in [0.29, 0.717) is 6.17 Å². The maximum Gasteiger partial charge on any atom is 0.105 e. The first-order valence-corrected chi connectivity index (χ1v) is 3.44. The van der Waals surface area contributed by atoms with E-state index in [-0.39, 0.29) is 0 Å². The van der Waals surface area contributed by atoms with E-state index in [1.807, 2.05) is 13.1 Å². The van der Waals surface area contributed by atoms with Gasteiger partial charge in [-0.2, -0.15) is 0 Å². The van der Waals surface area contributed by atoms with Crippen LogP contribution >= 0.6 is 0 Å². The highest BCUT2D eigenvalue weighted by atomic mass is 15.2. The average Bonchev–Trinajstić information content (AvgIpc) is 1.92. The molecule has 0 radical (unpaired) electrons. The van der Waals surface area contributed by atoms with Gasteiger partial charge in [0.25, 0.3) is 0 Å². The summed E-state index contributed by atoms with van der Waals surface area (Å²) in [6, 6.07) is 8.32. The molecule has 0 amide bonds. The van der Waals surface area contributed by atoms with Crippen LogP contribution in [0.25, 0.3) is 0 Å². The number of hydrogen-bond acceptors (Lipinski definition) is 2. The van der Waals surface area contributed by atoms with Gasteiger partial charge in [0.2, 0.25) is 0 Å². The maximum atomic E-state index is 3.26. The van der Waals surface area contributed by atoms with Gasteiger partial charge >= 0.3 is 0 Å². The zero-order chi connectivity index (χ0) is 6.97. The van der Waals surface area contributed by atoms with Crippen molar-refractivity contribution in [3.8, 4) is 0 Å². The lowest BCUT2D eigenvalue weighted by Gasteiger charge is -2.31.